The van der Waals surface area contributed by atoms with Crippen molar-refractivity contribution in [3.05, 3.63) is 0 Å². The van der Waals surface area contributed by atoms with Crippen LogP contribution in [0.25, 0.3) is 0 Å². The van der Waals surface area contributed by atoms with Crippen LogP contribution in [0.3, 0.4) is 0 Å². The highest BCUT2D eigenvalue weighted by Crippen LogP contribution is 2.47. The Bertz CT molecular complexity index is 87.0. The predicted molar refractivity (Wildman–Crippen MR) is 53.5 cm³/mol. The number of rotatable bonds is 4. The Labute approximate surface area is 72.8 Å². The summed E-state index contributed by atoms with van der Waals surface area (Å²) in [7, 11) is 7.25. The highest BCUT2D eigenvalue weighted by molar-refractivity contribution is 9.36. The minimum absolute atomic E-state index is 0.339. The lowest BCUT2D eigenvalue weighted by molar-refractivity contribution is 0.267. The molecule has 0 radical (unpaired) electrons. The summed E-state index contributed by atoms with van der Waals surface area (Å²) in [6.07, 6.45) is 1.98. The maximum atomic E-state index is 10.1. The zero-order chi connectivity index (χ0) is 7.11. The number of hydrogen-bond acceptors (Lipinski definition) is 6. The zero-order valence-electron chi connectivity index (χ0n) is 4.53. The van der Waals surface area contributed by atoms with E-state index in [2.05, 4.69) is 0 Å². The molecule has 7 heteroatoms. The molecular formula is C2H5NOS5. The molecule has 0 saturated carbocycles. The molecule has 0 heterocycles. The van der Waals surface area contributed by atoms with Gasteiger partial charge in [0, 0.05) is 10.8 Å². The third-order valence-corrected chi connectivity index (χ3v) is 7.99. The Morgan fingerprint density at radius 2 is 2.00 bits per heavy atom. The number of carbonyl (C=O) groups excluding carboxylic acids is 1. The van der Waals surface area contributed by atoms with Crippen molar-refractivity contribution >= 4 is 56.3 Å². The van der Waals surface area contributed by atoms with Gasteiger partial charge in [-0.3, -0.25) is 4.79 Å². The molecule has 1 amide bonds. The fourth-order valence-electron chi connectivity index (χ4n) is 0.0865. The average Bonchev–Trinajstić information content (AvgIpc) is 1.80. The van der Waals surface area contributed by atoms with E-state index in [0.717, 1.165) is 10.8 Å². The summed E-state index contributed by atoms with van der Waals surface area (Å²) in [4.78, 5) is 10.1. The standard InChI is InChI=1S/C2H5NOS5/c1-5-7-9-8-6-2(3)4/h1H3,(H2,3,4). The average molecular weight is 219 g/mol. The highest BCUT2D eigenvalue weighted by Gasteiger charge is 1.95. The van der Waals surface area contributed by atoms with E-state index in [1.54, 1.807) is 30.4 Å². The van der Waals surface area contributed by atoms with Gasteiger partial charge in [-0.05, 0) is 35.7 Å². The second kappa shape index (κ2) is 7.33. The lowest BCUT2D eigenvalue weighted by Gasteiger charge is -1.90. The summed E-state index contributed by atoms with van der Waals surface area (Å²) in [5.41, 5.74) is 4.85. The third-order valence-electron chi connectivity index (χ3n) is 0.240. The molecule has 0 atom stereocenters. The molecule has 0 aromatic heterocycles. The highest BCUT2D eigenvalue weighted by atomic mass is 33.8. The van der Waals surface area contributed by atoms with Crippen LogP contribution < -0.4 is 5.73 Å². The Balaban J connectivity index is 2.83. The van der Waals surface area contributed by atoms with Gasteiger partial charge in [0.05, 0.1) is 0 Å². The molecule has 0 spiro atoms. The van der Waals surface area contributed by atoms with Crippen molar-refractivity contribution in [1.29, 1.82) is 0 Å². The van der Waals surface area contributed by atoms with Crippen molar-refractivity contribution in [1.82, 2.24) is 0 Å². The number of nitrogens with two attached hydrogens (primary N) is 1. The molecular weight excluding hydrogens is 214 g/mol. The molecule has 0 aliphatic rings. The topological polar surface area (TPSA) is 43.1 Å². The van der Waals surface area contributed by atoms with Gasteiger partial charge in [0.25, 0.3) is 5.24 Å². The number of primary amides is 1. The van der Waals surface area contributed by atoms with E-state index in [9.17, 15) is 4.79 Å². The van der Waals surface area contributed by atoms with Crippen molar-refractivity contribution in [3.63, 3.8) is 0 Å². The van der Waals surface area contributed by atoms with Crippen LogP contribution in [0.1, 0.15) is 0 Å². The van der Waals surface area contributed by atoms with Gasteiger partial charge in [0.1, 0.15) is 0 Å². The number of carbonyl (C=O) groups is 1. The number of amides is 1. The molecule has 0 aromatic rings. The first-order valence-electron chi connectivity index (χ1n) is 1.77. The van der Waals surface area contributed by atoms with Crippen LogP contribution >= 0.6 is 51.1 Å². The Hall–Kier alpha value is 1.22. The van der Waals surface area contributed by atoms with Gasteiger partial charge in [-0.25, -0.2) is 0 Å². The molecule has 0 aromatic carbocycles. The van der Waals surface area contributed by atoms with Crippen LogP contribution in [0.5, 0.6) is 0 Å². The fourth-order valence-corrected chi connectivity index (χ4v) is 7.04. The maximum Gasteiger partial charge on any atom is 0.287 e. The van der Waals surface area contributed by atoms with Crippen LogP contribution in [0, 0.1) is 0 Å². The van der Waals surface area contributed by atoms with Gasteiger partial charge in [-0.1, -0.05) is 10.8 Å². The molecule has 0 rings (SSSR count). The molecule has 2 nitrogen and oxygen atoms in total. The summed E-state index contributed by atoms with van der Waals surface area (Å²) in [6, 6.07) is 0. The smallest absolute Gasteiger partial charge is 0.287 e. The maximum absolute atomic E-state index is 10.1. The van der Waals surface area contributed by atoms with Crippen LogP contribution in [0.15, 0.2) is 0 Å². The van der Waals surface area contributed by atoms with Gasteiger partial charge in [0.2, 0.25) is 0 Å². The summed E-state index contributed by atoms with van der Waals surface area (Å²) >= 11 is 0. The van der Waals surface area contributed by atoms with Gasteiger partial charge >= 0.3 is 0 Å². The van der Waals surface area contributed by atoms with Gasteiger partial charge in [-0.2, -0.15) is 0 Å². The molecule has 0 unspecified atom stereocenters. The largest absolute Gasteiger partial charge is 0.360 e. The normalized spacial score (nSPS) is 9.44. The van der Waals surface area contributed by atoms with Crippen LogP contribution in [0.2, 0.25) is 0 Å². The van der Waals surface area contributed by atoms with Crippen molar-refractivity contribution in [2.24, 2.45) is 5.73 Å². The quantitative estimate of drug-likeness (QED) is 0.579. The molecule has 0 fully saturated rings. The molecule has 0 aliphatic carbocycles. The lowest BCUT2D eigenvalue weighted by atomic mass is 11.5. The van der Waals surface area contributed by atoms with Crippen molar-refractivity contribution in [2.45, 2.75) is 0 Å². The Morgan fingerprint density at radius 3 is 2.44 bits per heavy atom. The first kappa shape index (κ1) is 10.2. The van der Waals surface area contributed by atoms with Crippen molar-refractivity contribution in [2.75, 3.05) is 6.26 Å². The summed E-state index contributed by atoms with van der Waals surface area (Å²) in [6.45, 7) is 0. The zero-order valence-corrected chi connectivity index (χ0v) is 8.61. The van der Waals surface area contributed by atoms with E-state index in [1.807, 2.05) is 6.26 Å². The van der Waals surface area contributed by atoms with Crippen LogP contribution in [-0.4, -0.2) is 11.5 Å². The van der Waals surface area contributed by atoms with Gasteiger partial charge in [-0.15, -0.1) is 0 Å². The minimum atomic E-state index is -0.339. The van der Waals surface area contributed by atoms with Crippen LogP contribution in [-0.2, 0) is 0 Å². The van der Waals surface area contributed by atoms with E-state index in [1.165, 1.54) is 9.83 Å². The molecule has 0 bridgehead atoms. The second-order valence-corrected chi connectivity index (χ2v) is 8.48. The first-order chi connectivity index (χ1) is 4.27. The molecule has 54 valence electrons. The van der Waals surface area contributed by atoms with E-state index in [-0.39, 0.29) is 5.24 Å². The van der Waals surface area contributed by atoms with E-state index < -0.39 is 0 Å². The Kier molecular flexibility index (Phi) is 8.32. The summed E-state index contributed by atoms with van der Waals surface area (Å²) in [5, 5.41) is -0.339. The second-order valence-electron chi connectivity index (χ2n) is 0.773. The monoisotopic (exact) mass is 219 g/mol. The summed E-state index contributed by atoms with van der Waals surface area (Å²) in [5.74, 6) is 0. The Morgan fingerprint density at radius 1 is 1.33 bits per heavy atom. The minimum Gasteiger partial charge on any atom is -0.360 e. The van der Waals surface area contributed by atoms with Gasteiger partial charge in [0.15, 0.2) is 0 Å². The van der Waals surface area contributed by atoms with E-state index in [0.29, 0.717) is 0 Å². The molecule has 0 aliphatic heterocycles. The SMILES string of the molecule is CSSSSSC(N)=O. The van der Waals surface area contributed by atoms with Crippen molar-refractivity contribution in [3.8, 4) is 0 Å². The third kappa shape index (κ3) is 9.22. The lowest BCUT2D eigenvalue weighted by Crippen LogP contribution is -1.98. The molecule has 0 saturated heterocycles. The molecule has 9 heavy (non-hydrogen) atoms. The van der Waals surface area contributed by atoms with E-state index in [4.69, 9.17) is 5.73 Å². The first-order valence-corrected chi connectivity index (χ1v) is 8.33. The van der Waals surface area contributed by atoms with E-state index >= 15 is 0 Å². The van der Waals surface area contributed by atoms with Crippen molar-refractivity contribution < 1.29 is 4.79 Å². The van der Waals surface area contributed by atoms with Crippen LogP contribution in [0.4, 0.5) is 4.79 Å². The molecule has 2 N–H and O–H groups in total. The predicted octanol–water partition coefficient (Wildman–Crippen LogP) is 3.02. The summed E-state index contributed by atoms with van der Waals surface area (Å²) < 4.78 is 0. The van der Waals surface area contributed by atoms with Gasteiger partial charge < -0.3 is 5.73 Å². The fraction of sp³-hybridized carbons (Fsp3) is 0.500. The number of hydrogen-bond donors (Lipinski definition) is 1.